The molecule has 428 valence electrons. The molecule has 6 nitrogen and oxygen atoms in total. The molecule has 0 N–H and O–H groups in total. The van der Waals surface area contributed by atoms with Gasteiger partial charge in [-0.05, 0) is 122 Å². The highest BCUT2D eigenvalue weighted by atomic mass is 16.6. The molecule has 0 aromatic heterocycles. The van der Waals surface area contributed by atoms with E-state index in [0.29, 0.717) is 19.3 Å². The molecule has 0 aliphatic rings. The van der Waals surface area contributed by atoms with Gasteiger partial charge in [0.05, 0.1) is 0 Å². The Balaban J connectivity index is 4.11. The first-order chi connectivity index (χ1) is 37.5. The first-order valence-corrected chi connectivity index (χ1v) is 30.8. The first-order valence-electron chi connectivity index (χ1n) is 30.8. The normalized spacial score (nSPS) is 13.1. The Morgan fingerprint density at radius 2 is 0.513 bits per heavy atom. The smallest absolute Gasteiger partial charge is 0.306 e. The van der Waals surface area contributed by atoms with Crippen LogP contribution >= 0.6 is 0 Å². The zero-order valence-electron chi connectivity index (χ0n) is 49.0. The van der Waals surface area contributed by atoms with E-state index in [1.54, 1.807) is 0 Å². The summed E-state index contributed by atoms with van der Waals surface area (Å²) in [5.41, 5.74) is 0. The summed E-state index contributed by atoms with van der Waals surface area (Å²) in [6, 6.07) is 0. The maximum atomic E-state index is 12.8. The van der Waals surface area contributed by atoms with E-state index in [0.717, 1.165) is 154 Å². The Bertz CT molecular complexity index is 1680. The molecule has 0 radical (unpaired) electrons. The minimum atomic E-state index is -0.794. The third-order valence-electron chi connectivity index (χ3n) is 12.6. The van der Waals surface area contributed by atoms with Crippen molar-refractivity contribution < 1.29 is 28.6 Å². The molecule has 0 aliphatic carbocycles. The quantitative estimate of drug-likeness (QED) is 0.0261. The van der Waals surface area contributed by atoms with Gasteiger partial charge in [0.2, 0.25) is 0 Å². The van der Waals surface area contributed by atoms with Crippen LogP contribution < -0.4 is 0 Å². The molecular weight excluding hydrogens is 937 g/mol. The predicted molar refractivity (Wildman–Crippen MR) is 329 cm³/mol. The maximum absolute atomic E-state index is 12.8. The van der Waals surface area contributed by atoms with Gasteiger partial charge in [0.1, 0.15) is 13.2 Å². The van der Waals surface area contributed by atoms with Crippen LogP contribution in [0, 0.1) is 0 Å². The van der Waals surface area contributed by atoms with Crippen molar-refractivity contribution in [3.8, 4) is 0 Å². The molecule has 0 heterocycles. The van der Waals surface area contributed by atoms with Gasteiger partial charge in [0, 0.05) is 19.3 Å². The van der Waals surface area contributed by atoms with E-state index in [9.17, 15) is 14.4 Å². The van der Waals surface area contributed by atoms with Gasteiger partial charge in [-0.3, -0.25) is 14.4 Å². The van der Waals surface area contributed by atoms with Crippen LogP contribution in [0.5, 0.6) is 0 Å². The third kappa shape index (κ3) is 60.2. The standard InChI is InChI=1S/C70H112O6/c1-4-7-10-13-16-18-20-22-24-26-27-28-29-30-31-32-33-34-35-36-37-38-39-40-41-42-43-45-46-48-50-52-54-57-60-63-69(72)75-66-67(65-74-68(71)62-59-56-15-12-9-6-3)76-70(73)64-61-58-55-53-51-49-47-44-25-23-21-19-17-14-11-8-5-2/h7-8,10-11,16-19,22-25,27-28,30-31,33-34,36-37,39-40,47,49,67H,4-6,9,12-15,20-21,26,29,32,35,38,41-46,48,50-66H2,1-3H3/b10-7-,11-8-,18-16-,19-17-,24-22-,25-23-,28-27-,31-30-,34-33-,37-36-,40-39-,49-47-. The monoisotopic (exact) mass is 1050 g/mol. The Morgan fingerprint density at radius 3 is 0.803 bits per heavy atom. The van der Waals surface area contributed by atoms with E-state index in [1.165, 1.54) is 64.2 Å². The van der Waals surface area contributed by atoms with Crippen molar-refractivity contribution in [2.45, 2.75) is 264 Å². The largest absolute Gasteiger partial charge is 0.462 e. The summed E-state index contributed by atoms with van der Waals surface area (Å²) >= 11 is 0. The lowest BCUT2D eigenvalue weighted by Gasteiger charge is -2.18. The van der Waals surface area contributed by atoms with Gasteiger partial charge in [0.25, 0.3) is 0 Å². The zero-order chi connectivity index (χ0) is 55.0. The highest BCUT2D eigenvalue weighted by Crippen LogP contribution is 2.14. The minimum absolute atomic E-state index is 0.0925. The second-order valence-corrected chi connectivity index (χ2v) is 19.9. The van der Waals surface area contributed by atoms with Gasteiger partial charge in [-0.2, -0.15) is 0 Å². The van der Waals surface area contributed by atoms with Crippen LogP contribution in [0.2, 0.25) is 0 Å². The van der Waals surface area contributed by atoms with Gasteiger partial charge >= 0.3 is 17.9 Å². The highest BCUT2D eigenvalue weighted by Gasteiger charge is 2.19. The average Bonchev–Trinajstić information content (AvgIpc) is 3.42. The fraction of sp³-hybridized carbons (Fsp3) is 0.614. The van der Waals surface area contributed by atoms with Gasteiger partial charge < -0.3 is 14.2 Å². The number of allylic oxidation sites excluding steroid dienone is 24. The molecule has 0 bridgehead atoms. The van der Waals surface area contributed by atoms with Crippen molar-refractivity contribution >= 4 is 17.9 Å². The molecule has 0 saturated heterocycles. The fourth-order valence-corrected chi connectivity index (χ4v) is 8.04. The molecule has 0 aromatic rings. The van der Waals surface area contributed by atoms with E-state index in [4.69, 9.17) is 14.2 Å². The lowest BCUT2D eigenvalue weighted by molar-refractivity contribution is -0.167. The summed E-state index contributed by atoms with van der Waals surface area (Å²) in [6.07, 6.45) is 90.3. The van der Waals surface area contributed by atoms with Crippen LogP contribution in [0.1, 0.15) is 258 Å². The zero-order valence-corrected chi connectivity index (χ0v) is 49.0. The molecular formula is C70H112O6. The summed E-state index contributed by atoms with van der Waals surface area (Å²) in [5, 5.41) is 0. The lowest BCUT2D eigenvalue weighted by atomic mass is 10.1. The molecule has 6 heteroatoms. The van der Waals surface area contributed by atoms with Crippen molar-refractivity contribution in [3.05, 3.63) is 146 Å². The summed E-state index contributed by atoms with van der Waals surface area (Å²) in [7, 11) is 0. The number of hydrogen-bond acceptors (Lipinski definition) is 6. The van der Waals surface area contributed by atoms with E-state index in [2.05, 4.69) is 167 Å². The Labute approximate surface area is 467 Å². The Hall–Kier alpha value is -4.71. The third-order valence-corrected chi connectivity index (χ3v) is 12.6. The van der Waals surface area contributed by atoms with Gasteiger partial charge in [-0.15, -0.1) is 0 Å². The second-order valence-electron chi connectivity index (χ2n) is 19.9. The number of rotatable bonds is 54. The molecule has 0 aliphatic heterocycles. The van der Waals surface area contributed by atoms with E-state index >= 15 is 0 Å². The molecule has 1 atom stereocenters. The van der Waals surface area contributed by atoms with Gasteiger partial charge in [0.15, 0.2) is 6.10 Å². The average molecular weight is 1050 g/mol. The van der Waals surface area contributed by atoms with Crippen LogP contribution in [0.4, 0.5) is 0 Å². The minimum Gasteiger partial charge on any atom is -0.462 e. The SMILES string of the molecule is CC/C=C\C/C=C\C/C=C\C/C=C\C/C=C\C/C=C\C/C=C\C/C=C\CCCCCCCCCCCCC(=O)OCC(COC(=O)CCCCCCCC)OC(=O)CCCCCC/C=C\C/C=C\C/C=C\C/C=C\CC. The topological polar surface area (TPSA) is 78.9 Å². The van der Waals surface area contributed by atoms with E-state index in [-0.39, 0.29) is 31.1 Å². The van der Waals surface area contributed by atoms with Crippen LogP contribution in [-0.4, -0.2) is 37.2 Å². The second kappa shape index (κ2) is 62.8. The Kier molecular flexibility index (Phi) is 58.9. The van der Waals surface area contributed by atoms with Crippen LogP contribution in [0.15, 0.2) is 146 Å². The van der Waals surface area contributed by atoms with E-state index < -0.39 is 6.10 Å². The number of hydrogen-bond donors (Lipinski definition) is 0. The van der Waals surface area contributed by atoms with Crippen molar-refractivity contribution in [3.63, 3.8) is 0 Å². The number of esters is 3. The van der Waals surface area contributed by atoms with Gasteiger partial charge in [-0.1, -0.05) is 263 Å². The molecule has 0 fully saturated rings. The molecule has 0 spiro atoms. The Morgan fingerprint density at radius 1 is 0.276 bits per heavy atom. The first kappa shape index (κ1) is 71.3. The van der Waals surface area contributed by atoms with Crippen molar-refractivity contribution in [2.24, 2.45) is 0 Å². The van der Waals surface area contributed by atoms with Crippen molar-refractivity contribution in [2.75, 3.05) is 13.2 Å². The number of carbonyl (C=O) groups excluding carboxylic acids is 3. The molecule has 1 unspecified atom stereocenters. The predicted octanol–water partition coefficient (Wildman–Crippen LogP) is 21.2. The fourth-order valence-electron chi connectivity index (χ4n) is 8.04. The summed E-state index contributed by atoms with van der Waals surface area (Å²) in [5.74, 6) is -0.935. The summed E-state index contributed by atoms with van der Waals surface area (Å²) in [4.78, 5) is 37.9. The summed E-state index contributed by atoms with van der Waals surface area (Å²) in [6.45, 7) is 6.32. The van der Waals surface area contributed by atoms with Crippen LogP contribution in [-0.2, 0) is 28.6 Å². The van der Waals surface area contributed by atoms with Gasteiger partial charge in [-0.25, -0.2) is 0 Å². The molecule has 0 rings (SSSR count). The van der Waals surface area contributed by atoms with Crippen LogP contribution in [0.25, 0.3) is 0 Å². The van der Waals surface area contributed by atoms with Crippen LogP contribution in [0.3, 0.4) is 0 Å². The molecule has 0 amide bonds. The number of ether oxygens (including phenoxy) is 3. The highest BCUT2D eigenvalue weighted by molar-refractivity contribution is 5.71. The summed E-state index contributed by atoms with van der Waals surface area (Å²) < 4.78 is 16.7. The van der Waals surface area contributed by atoms with E-state index in [1.807, 2.05) is 0 Å². The molecule has 0 saturated carbocycles. The maximum Gasteiger partial charge on any atom is 0.306 e. The van der Waals surface area contributed by atoms with Crippen molar-refractivity contribution in [1.29, 1.82) is 0 Å². The number of carbonyl (C=O) groups is 3. The number of unbranched alkanes of at least 4 members (excludes halogenated alkanes) is 19. The molecule has 0 aromatic carbocycles. The molecule has 76 heavy (non-hydrogen) atoms. The lowest BCUT2D eigenvalue weighted by Crippen LogP contribution is -2.30. The van der Waals surface area contributed by atoms with Crippen molar-refractivity contribution in [1.82, 2.24) is 0 Å².